The quantitative estimate of drug-likeness (QED) is 0.707. The summed E-state index contributed by atoms with van der Waals surface area (Å²) in [5.74, 6) is -0.851. The van der Waals surface area contributed by atoms with Gasteiger partial charge in [-0.05, 0) is 31.9 Å². The van der Waals surface area contributed by atoms with E-state index in [1.165, 1.54) is 0 Å². The van der Waals surface area contributed by atoms with Gasteiger partial charge in [-0.1, -0.05) is 0 Å². The molecule has 1 unspecified atom stereocenters. The van der Waals surface area contributed by atoms with Crippen molar-refractivity contribution < 1.29 is 14.6 Å². The van der Waals surface area contributed by atoms with Gasteiger partial charge in [0.15, 0.2) is 0 Å². The summed E-state index contributed by atoms with van der Waals surface area (Å²) >= 11 is 0. The minimum absolute atomic E-state index is 0.532. The van der Waals surface area contributed by atoms with Crippen molar-refractivity contribution in [2.75, 3.05) is 19.0 Å². The third kappa shape index (κ3) is 4.82. The molecular formula is C12H18N2O3. The molecule has 0 saturated heterocycles. The normalized spacial score (nSPS) is 12.1. The van der Waals surface area contributed by atoms with Gasteiger partial charge >= 0.3 is 5.97 Å². The third-order valence-electron chi connectivity index (χ3n) is 2.38. The minimum atomic E-state index is -0.851. The van der Waals surface area contributed by atoms with Crippen molar-refractivity contribution in [2.45, 2.75) is 25.8 Å². The minimum Gasteiger partial charge on any atom is -0.480 e. The van der Waals surface area contributed by atoms with Crippen LogP contribution in [0.2, 0.25) is 0 Å². The Morgan fingerprint density at radius 1 is 1.65 bits per heavy atom. The Morgan fingerprint density at radius 2 is 2.41 bits per heavy atom. The Labute approximate surface area is 101 Å². The van der Waals surface area contributed by atoms with Crippen molar-refractivity contribution in [3.05, 3.63) is 24.0 Å². The van der Waals surface area contributed by atoms with E-state index in [-0.39, 0.29) is 0 Å². The van der Waals surface area contributed by atoms with E-state index in [2.05, 4.69) is 10.3 Å². The summed E-state index contributed by atoms with van der Waals surface area (Å²) in [5, 5.41) is 12.1. The van der Waals surface area contributed by atoms with E-state index in [0.29, 0.717) is 19.4 Å². The van der Waals surface area contributed by atoms with Crippen molar-refractivity contribution >= 4 is 11.7 Å². The second-order valence-corrected chi connectivity index (χ2v) is 3.86. The first kappa shape index (κ1) is 13.4. The van der Waals surface area contributed by atoms with Crippen LogP contribution in [0.15, 0.2) is 18.3 Å². The van der Waals surface area contributed by atoms with Crippen LogP contribution < -0.4 is 5.32 Å². The summed E-state index contributed by atoms with van der Waals surface area (Å²) in [4.78, 5) is 15.1. The summed E-state index contributed by atoms with van der Waals surface area (Å²) in [6.07, 6.45) is 2.90. The fourth-order valence-corrected chi connectivity index (χ4v) is 1.53. The first-order valence-electron chi connectivity index (χ1n) is 5.54. The van der Waals surface area contributed by atoms with E-state index in [4.69, 9.17) is 9.84 Å². The fraction of sp³-hybridized carbons (Fsp3) is 0.500. The number of pyridine rings is 1. The molecule has 17 heavy (non-hydrogen) atoms. The van der Waals surface area contributed by atoms with Gasteiger partial charge in [0.2, 0.25) is 0 Å². The fourth-order valence-electron chi connectivity index (χ4n) is 1.53. The second-order valence-electron chi connectivity index (χ2n) is 3.86. The third-order valence-corrected chi connectivity index (χ3v) is 2.38. The summed E-state index contributed by atoms with van der Waals surface area (Å²) in [5.41, 5.74) is 1.64. The van der Waals surface area contributed by atoms with E-state index < -0.39 is 12.0 Å². The molecule has 0 saturated carbocycles. The van der Waals surface area contributed by atoms with E-state index in [0.717, 1.165) is 11.4 Å². The lowest BCUT2D eigenvalue weighted by atomic mass is 10.1. The molecule has 1 heterocycles. The molecule has 0 radical (unpaired) electrons. The molecule has 0 bridgehead atoms. The molecule has 0 amide bonds. The average molecular weight is 238 g/mol. The number of carboxylic acid groups (broad SMARTS) is 1. The predicted molar refractivity (Wildman–Crippen MR) is 65.1 cm³/mol. The van der Waals surface area contributed by atoms with Gasteiger partial charge in [-0.25, -0.2) is 4.79 Å². The lowest BCUT2D eigenvalue weighted by Crippen LogP contribution is -2.29. The molecule has 0 aromatic carbocycles. The zero-order chi connectivity index (χ0) is 12.7. The standard InChI is InChI=1S/C12H18N2O3/c1-9-8-10(5-6-13-9)14-11(12(15)16)4-3-7-17-2/h5-6,8,11H,3-4,7H2,1-2H3,(H,13,14)(H,15,16). The number of carbonyl (C=O) groups is 1. The van der Waals surface area contributed by atoms with Gasteiger partial charge in [-0.2, -0.15) is 0 Å². The van der Waals surface area contributed by atoms with Gasteiger partial charge in [0, 0.05) is 31.3 Å². The van der Waals surface area contributed by atoms with Gasteiger partial charge < -0.3 is 15.2 Å². The van der Waals surface area contributed by atoms with Crippen LogP contribution in [0.3, 0.4) is 0 Å². The second kappa shape index (κ2) is 6.85. The zero-order valence-corrected chi connectivity index (χ0v) is 10.1. The number of hydrogen-bond acceptors (Lipinski definition) is 4. The Balaban J connectivity index is 2.57. The molecule has 1 rings (SSSR count). The summed E-state index contributed by atoms with van der Waals surface area (Å²) in [6, 6.07) is 3.00. The SMILES string of the molecule is COCCCC(Nc1ccnc(C)c1)C(=O)O. The van der Waals surface area contributed by atoms with Crippen molar-refractivity contribution in [3.63, 3.8) is 0 Å². The van der Waals surface area contributed by atoms with Gasteiger partial charge in [0.05, 0.1) is 0 Å². The van der Waals surface area contributed by atoms with Crippen molar-refractivity contribution in [1.82, 2.24) is 4.98 Å². The number of nitrogens with zero attached hydrogens (tertiary/aromatic N) is 1. The number of ether oxygens (including phenoxy) is 1. The molecule has 0 aliphatic rings. The number of hydrogen-bond donors (Lipinski definition) is 2. The van der Waals surface area contributed by atoms with Crippen LogP contribution in [0.25, 0.3) is 0 Å². The predicted octanol–water partition coefficient (Wildman–Crippen LogP) is 1.68. The average Bonchev–Trinajstić information content (AvgIpc) is 2.28. The molecule has 5 nitrogen and oxygen atoms in total. The molecule has 0 aliphatic carbocycles. The molecule has 0 spiro atoms. The van der Waals surface area contributed by atoms with Crippen molar-refractivity contribution in [2.24, 2.45) is 0 Å². The van der Waals surface area contributed by atoms with Crippen LogP contribution in [0.4, 0.5) is 5.69 Å². The van der Waals surface area contributed by atoms with E-state index in [9.17, 15) is 4.79 Å². The maximum absolute atomic E-state index is 11.1. The molecule has 1 aromatic heterocycles. The van der Waals surface area contributed by atoms with Crippen molar-refractivity contribution in [3.8, 4) is 0 Å². The summed E-state index contributed by atoms with van der Waals surface area (Å²) in [6.45, 7) is 2.44. The van der Waals surface area contributed by atoms with Crippen LogP contribution in [0, 0.1) is 6.92 Å². The number of aliphatic carboxylic acids is 1. The Hall–Kier alpha value is -1.62. The maximum atomic E-state index is 11.1. The number of methoxy groups -OCH3 is 1. The topological polar surface area (TPSA) is 71.5 Å². The molecule has 1 aromatic rings. The molecule has 5 heteroatoms. The van der Waals surface area contributed by atoms with Gasteiger partial charge in [-0.3, -0.25) is 4.98 Å². The lowest BCUT2D eigenvalue weighted by Gasteiger charge is -2.15. The number of rotatable bonds is 7. The molecule has 0 aliphatic heterocycles. The molecule has 1 atom stereocenters. The number of aromatic nitrogens is 1. The Bertz CT molecular complexity index is 369. The monoisotopic (exact) mass is 238 g/mol. The van der Waals surface area contributed by atoms with Crippen LogP contribution in [0.5, 0.6) is 0 Å². The van der Waals surface area contributed by atoms with Gasteiger partial charge in [0.1, 0.15) is 6.04 Å². The lowest BCUT2D eigenvalue weighted by molar-refractivity contribution is -0.138. The number of carboxylic acids is 1. The number of anilines is 1. The molecular weight excluding hydrogens is 220 g/mol. The van der Waals surface area contributed by atoms with Gasteiger partial charge in [0.25, 0.3) is 0 Å². The first-order chi connectivity index (χ1) is 8.13. The number of nitrogens with one attached hydrogen (secondary N) is 1. The Kier molecular flexibility index (Phi) is 5.42. The van der Waals surface area contributed by atoms with E-state index >= 15 is 0 Å². The molecule has 94 valence electrons. The van der Waals surface area contributed by atoms with E-state index in [1.54, 1.807) is 19.4 Å². The van der Waals surface area contributed by atoms with Crippen LogP contribution in [0.1, 0.15) is 18.5 Å². The summed E-state index contributed by atoms with van der Waals surface area (Å²) < 4.78 is 4.91. The van der Waals surface area contributed by atoms with Gasteiger partial charge in [-0.15, -0.1) is 0 Å². The number of aryl methyl sites for hydroxylation is 1. The molecule has 0 fully saturated rings. The highest BCUT2D eigenvalue weighted by molar-refractivity contribution is 5.77. The highest BCUT2D eigenvalue weighted by atomic mass is 16.5. The first-order valence-corrected chi connectivity index (χ1v) is 5.54. The van der Waals surface area contributed by atoms with Crippen LogP contribution >= 0.6 is 0 Å². The maximum Gasteiger partial charge on any atom is 0.326 e. The zero-order valence-electron chi connectivity index (χ0n) is 10.1. The summed E-state index contributed by atoms with van der Waals surface area (Å²) in [7, 11) is 1.61. The highest BCUT2D eigenvalue weighted by Crippen LogP contribution is 2.11. The van der Waals surface area contributed by atoms with Crippen LogP contribution in [-0.2, 0) is 9.53 Å². The largest absolute Gasteiger partial charge is 0.480 e. The van der Waals surface area contributed by atoms with E-state index in [1.807, 2.05) is 13.0 Å². The highest BCUT2D eigenvalue weighted by Gasteiger charge is 2.16. The smallest absolute Gasteiger partial charge is 0.326 e. The Morgan fingerprint density at radius 3 is 3.00 bits per heavy atom. The molecule has 2 N–H and O–H groups in total. The van der Waals surface area contributed by atoms with Crippen LogP contribution in [-0.4, -0.2) is 35.8 Å². The van der Waals surface area contributed by atoms with Crippen molar-refractivity contribution in [1.29, 1.82) is 0 Å².